The lowest BCUT2D eigenvalue weighted by atomic mass is 10.1. The first kappa shape index (κ1) is 13.2. The predicted molar refractivity (Wildman–Crippen MR) is 59.0 cm³/mol. The normalized spacial score (nSPS) is 11.6. The average molecular weight is 242 g/mol. The van der Waals surface area contributed by atoms with E-state index in [-0.39, 0.29) is 11.3 Å². The van der Waals surface area contributed by atoms with Crippen LogP contribution < -0.4 is 4.74 Å². The van der Waals surface area contributed by atoms with Crippen molar-refractivity contribution in [1.29, 1.82) is 0 Å². The SMILES string of the molecule is CC/C(=C\c1cccc(OC(F)F)c1)C(=O)O. The highest BCUT2D eigenvalue weighted by Gasteiger charge is 2.06. The monoisotopic (exact) mass is 242 g/mol. The van der Waals surface area contributed by atoms with Gasteiger partial charge in [-0.25, -0.2) is 4.79 Å². The molecule has 0 aliphatic heterocycles. The molecule has 5 heteroatoms. The van der Waals surface area contributed by atoms with Crippen molar-refractivity contribution in [2.24, 2.45) is 0 Å². The third-order valence-corrected chi connectivity index (χ3v) is 2.08. The molecule has 0 spiro atoms. The van der Waals surface area contributed by atoms with E-state index >= 15 is 0 Å². The molecule has 3 nitrogen and oxygen atoms in total. The molecule has 0 aliphatic rings. The van der Waals surface area contributed by atoms with Crippen LogP contribution in [-0.2, 0) is 4.79 Å². The van der Waals surface area contributed by atoms with Gasteiger partial charge in [0.15, 0.2) is 0 Å². The number of halogens is 2. The number of rotatable bonds is 5. The number of carbonyl (C=O) groups is 1. The maximum Gasteiger partial charge on any atom is 0.387 e. The van der Waals surface area contributed by atoms with Gasteiger partial charge in [-0.1, -0.05) is 19.1 Å². The Morgan fingerprint density at radius 3 is 2.76 bits per heavy atom. The van der Waals surface area contributed by atoms with Gasteiger partial charge < -0.3 is 9.84 Å². The Morgan fingerprint density at radius 2 is 2.24 bits per heavy atom. The Balaban J connectivity index is 2.95. The van der Waals surface area contributed by atoms with E-state index in [0.29, 0.717) is 12.0 Å². The summed E-state index contributed by atoms with van der Waals surface area (Å²) in [4.78, 5) is 10.8. The fourth-order valence-corrected chi connectivity index (χ4v) is 1.30. The maximum absolute atomic E-state index is 12.0. The minimum Gasteiger partial charge on any atom is -0.478 e. The lowest BCUT2D eigenvalue weighted by molar-refractivity contribution is -0.132. The van der Waals surface area contributed by atoms with Crippen LogP contribution in [0.4, 0.5) is 8.78 Å². The zero-order chi connectivity index (χ0) is 12.8. The van der Waals surface area contributed by atoms with E-state index in [1.807, 2.05) is 0 Å². The minimum absolute atomic E-state index is 0.00888. The van der Waals surface area contributed by atoms with Crippen LogP contribution in [0.2, 0.25) is 0 Å². The number of ether oxygens (including phenoxy) is 1. The van der Waals surface area contributed by atoms with Gasteiger partial charge in [-0.05, 0) is 30.2 Å². The fraction of sp³-hybridized carbons (Fsp3) is 0.250. The van der Waals surface area contributed by atoms with Crippen molar-refractivity contribution in [3.05, 3.63) is 35.4 Å². The van der Waals surface area contributed by atoms with Crippen molar-refractivity contribution in [1.82, 2.24) is 0 Å². The molecule has 1 aromatic rings. The fourth-order valence-electron chi connectivity index (χ4n) is 1.30. The standard InChI is InChI=1S/C12H12F2O3/c1-2-9(11(15)16)6-8-4-3-5-10(7-8)17-12(13)14/h3-7,12H,2H2,1H3,(H,15,16)/b9-6+. The lowest BCUT2D eigenvalue weighted by Crippen LogP contribution is -2.02. The lowest BCUT2D eigenvalue weighted by Gasteiger charge is -2.05. The van der Waals surface area contributed by atoms with Crippen LogP contribution in [0.3, 0.4) is 0 Å². The third kappa shape index (κ3) is 4.22. The smallest absolute Gasteiger partial charge is 0.387 e. The summed E-state index contributed by atoms with van der Waals surface area (Å²) in [6.07, 6.45) is 1.79. The van der Waals surface area contributed by atoms with Crippen LogP contribution in [0.5, 0.6) is 5.75 Å². The summed E-state index contributed by atoms with van der Waals surface area (Å²) in [5, 5.41) is 8.83. The molecule has 0 fully saturated rings. The molecule has 0 aliphatic carbocycles. The second-order valence-electron chi connectivity index (χ2n) is 3.28. The molecule has 17 heavy (non-hydrogen) atoms. The zero-order valence-corrected chi connectivity index (χ0v) is 9.19. The van der Waals surface area contributed by atoms with Crippen LogP contribution >= 0.6 is 0 Å². The Morgan fingerprint density at radius 1 is 1.53 bits per heavy atom. The Kier molecular flexibility index (Phi) is 4.63. The summed E-state index contributed by atoms with van der Waals surface area (Å²) in [6, 6.07) is 5.90. The van der Waals surface area contributed by atoms with Crippen molar-refractivity contribution in [3.8, 4) is 5.75 Å². The summed E-state index contributed by atoms with van der Waals surface area (Å²) < 4.78 is 28.2. The first-order valence-electron chi connectivity index (χ1n) is 5.01. The Hall–Kier alpha value is -1.91. The molecule has 1 rings (SSSR count). The van der Waals surface area contributed by atoms with E-state index in [1.165, 1.54) is 24.3 Å². The van der Waals surface area contributed by atoms with Gasteiger partial charge in [0.05, 0.1) is 0 Å². The van der Waals surface area contributed by atoms with E-state index in [1.54, 1.807) is 13.0 Å². The van der Waals surface area contributed by atoms with E-state index in [9.17, 15) is 13.6 Å². The van der Waals surface area contributed by atoms with Gasteiger partial charge in [-0.3, -0.25) is 0 Å². The number of hydrogen-bond donors (Lipinski definition) is 1. The van der Waals surface area contributed by atoms with E-state index in [2.05, 4.69) is 4.74 Å². The molecule has 0 aromatic heterocycles. The topological polar surface area (TPSA) is 46.5 Å². The van der Waals surface area contributed by atoms with Gasteiger partial charge in [0.1, 0.15) is 5.75 Å². The molecule has 0 atom stereocenters. The van der Waals surface area contributed by atoms with E-state index in [4.69, 9.17) is 5.11 Å². The number of aliphatic carboxylic acids is 1. The predicted octanol–water partition coefficient (Wildman–Crippen LogP) is 3.17. The highest BCUT2D eigenvalue weighted by molar-refractivity contribution is 5.92. The number of carboxylic acid groups (broad SMARTS) is 1. The van der Waals surface area contributed by atoms with Crippen molar-refractivity contribution >= 4 is 12.0 Å². The van der Waals surface area contributed by atoms with Gasteiger partial charge in [-0.15, -0.1) is 0 Å². The van der Waals surface area contributed by atoms with Crippen LogP contribution in [-0.4, -0.2) is 17.7 Å². The Bertz CT molecular complexity index is 428. The molecular weight excluding hydrogens is 230 g/mol. The zero-order valence-electron chi connectivity index (χ0n) is 9.19. The molecule has 0 bridgehead atoms. The second-order valence-corrected chi connectivity index (χ2v) is 3.28. The summed E-state index contributed by atoms with van der Waals surface area (Å²) in [5.74, 6) is -1.01. The van der Waals surface area contributed by atoms with Crippen LogP contribution in [0.15, 0.2) is 29.8 Å². The van der Waals surface area contributed by atoms with Crippen LogP contribution in [0, 0.1) is 0 Å². The average Bonchev–Trinajstić information content (AvgIpc) is 2.25. The first-order chi connectivity index (χ1) is 8.02. The summed E-state index contributed by atoms with van der Waals surface area (Å²) in [7, 11) is 0. The van der Waals surface area contributed by atoms with Gasteiger partial charge >= 0.3 is 12.6 Å². The molecular formula is C12H12F2O3. The summed E-state index contributed by atoms with van der Waals surface area (Å²) >= 11 is 0. The maximum atomic E-state index is 12.0. The van der Waals surface area contributed by atoms with Crippen LogP contribution in [0.1, 0.15) is 18.9 Å². The Labute approximate surface area is 97.3 Å². The summed E-state index contributed by atoms with van der Waals surface area (Å²) in [6.45, 7) is -1.18. The molecule has 0 unspecified atom stereocenters. The molecule has 0 amide bonds. The summed E-state index contributed by atoms with van der Waals surface area (Å²) in [5.41, 5.74) is 0.724. The van der Waals surface area contributed by atoms with Crippen molar-refractivity contribution in [3.63, 3.8) is 0 Å². The van der Waals surface area contributed by atoms with Gasteiger partial charge in [0.2, 0.25) is 0 Å². The molecule has 0 heterocycles. The highest BCUT2D eigenvalue weighted by Crippen LogP contribution is 2.18. The van der Waals surface area contributed by atoms with Crippen molar-refractivity contribution in [2.75, 3.05) is 0 Å². The minimum atomic E-state index is -2.89. The van der Waals surface area contributed by atoms with Gasteiger partial charge in [0.25, 0.3) is 0 Å². The largest absolute Gasteiger partial charge is 0.478 e. The number of alkyl halides is 2. The highest BCUT2D eigenvalue weighted by atomic mass is 19.3. The van der Waals surface area contributed by atoms with E-state index < -0.39 is 12.6 Å². The quantitative estimate of drug-likeness (QED) is 0.806. The second kappa shape index (κ2) is 5.98. The van der Waals surface area contributed by atoms with Crippen LogP contribution in [0.25, 0.3) is 6.08 Å². The van der Waals surface area contributed by atoms with Gasteiger partial charge in [-0.2, -0.15) is 8.78 Å². The molecule has 0 radical (unpaired) electrons. The van der Waals surface area contributed by atoms with Crippen molar-refractivity contribution < 1.29 is 23.4 Å². The molecule has 1 N–H and O–H groups in total. The third-order valence-electron chi connectivity index (χ3n) is 2.08. The first-order valence-corrected chi connectivity index (χ1v) is 5.01. The number of benzene rings is 1. The molecule has 0 saturated carbocycles. The molecule has 0 saturated heterocycles. The van der Waals surface area contributed by atoms with E-state index in [0.717, 1.165) is 0 Å². The van der Waals surface area contributed by atoms with Crippen molar-refractivity contribution in [2.45, 2.75) is 20.0 Å². The molecule has 92 valence electrons. The molecule has 1 aromatic carbocycles. The number of carboxylic acids is 1. The van der Waals surface area contributed by atoms with Gasteiger partial charge in [0, 0.05) is 5.57 Å². The number of hydrogen-bond acceptors (Lipinski definition) is 2.